The van der Waals surface area contributed by atoms with E-state index in [-0.39, 0.29) is 5.91 Å². The summed E-state index contributed by atoms with van der Waals surface area (Å²) < 4.78 is 5.19. The van der Waals surface area contributed by atoms with E-state index in [1.165, 1.54) is 36.1 Å². The van der Waals surface area contributed by atoms with Crippen LogP contribution in [0, 0.1) is 0 Å². The Morgan fingerprint density at radius 2 is 2.05 bits per heavy atom. The first-order chi connectivity index (χ1) is 10.3. The molecule has 1 heterocycles. The molecule has 3 rings (SSSR count). The lowest BCUT2D eigenvalue weighted by Gasteiger charge is -2.10. The van der Waals surface area contributed by atoms with Crippen LogP contribution in [-0.2, 0) is 4.79 Å². The van der Waals surface area contributed by atoms with Gasteiger partial charge in [0, 0.05) is 11.6 Å². The van der Waals surface area contributed by atoms with Gasteiger partial charge in [-0.25, -0.2) is 4.98 Å². The molecular formula is C15H17N3OS2. The highest BCUT2D eigenvalue weighted by Gasteiger charge is 2.17. The van der Waals surface area contributed by atoms with Crippen molar-refractivity contribution in [1.82, 2.24) is 14.7 Å². The van der Waals surface area contributed by atoms with Gasteiger partial charge < -0.3 is 5.32 Å². The minimum Gasteiger partial charge on any atom is -0.353 e. The summed E-state index contributed by atoms with van der Waals surface area (Å²) in [6.07, 6.45) is 4.70. The number of carbonyl (C=O) groups excluding carboxylic acids is 1. The van der Waals surface area contributed by atoms with Crippen LogP contribution >= 0.6 is 23.3 Å². The van der Waals surface area contributed by atoms with E-state index in [4.69, 9.17) is 0 Å². The van der Waals surface area contributed by atoms with E-state index in [1.54, 1.807) is 0 Å². The maximum absolute atomic E-state index is 11.9. The molecule has 0 unspecified atom stereocenters. The Bertz CT molecular complexity index is 594. The molecule has 0 bridgehead atoms. The molecule has 0 aliphatic heterocycles. The molecule has 2 aromatic rings. The second-order valence-electron chi connectivity index (χ2n) is 5.09. The number of rotatable bonds is 5. The van der Waals surface area contributed by atoms with Gasteiger partial charge in [0.2, 0.25) is 5.91 Å². The molecule has 0 radical (unpaired) electrons. The topological polar surface area (TPSA) is 54.9 Å². The van der Waals surface area contributed by atoms with Crippen molar-refractivity contribution >= 4 is 29.2 Å². The second kappa shape index (κ2) is 7.04. The largest absolute Gasteiger partial charge is 0.353 e. The zero-order valence-corrected chi connectivity index (χ0v) is 13.3. The molecule has 1 aliphatic rings. The van der Waals surface area contributed by atoms with Crippen LogP contribution in [-0.4, -0.2) is 27.1 Å². The number of carbonyl (C=O) groups is 1. The van der Waals surface area contributed by atoms with Gasteiger partial charge in [-0.2, -0.15) is 4.37 Å². The zero-order chi connectivity index (χ0) is 14.5. The lowest BCUT2D eigenvalue weighted by molar-refractivity contribution is -0.119. The van der Waals surface area contributed by atoms with Crippen molar-refractivity contribution in [2.45, 2.75) is 36.1 Å². The first-order valence-corrected chi connectivity index (χ1v) is 8.88. The normalized spacial score (nSPS) is 15.2. The van der Waals surface area contributed by atoms with Gasteiger partial charge in [0.15, 0.2) is 10.2 Å². The van der Waals surface area contributed by atoms with Crippen LogP contribution in [0.2, 0.25) is 0 Å². The highest BCUT2D eigenvalue weighted by Crippen LogP contribution is 2.25. The van der Waals surface area contributed by atoms with Crippen molar-refractivity contribution in [1.29, 1.82) is 0 Å². The van der Waals surface area contributed by atoms with Crippen molar-refractivity contribution in [2.75, 3.05) is 5.75 Å². The number of nitrogens with one attached hydrogen (secondary N) is 1. The van der Waals surface area contributed by atoms with E-state index in [0.717, 1.165) is 28.6 Å². The van der Waals surface area contributed by atoms with Gasteiger partial charge in [-0.15, -0.1) is 0 Å². The molecule has 21 heavy (non-hydrogen) atoms. The fraction of sp³-hybridized carbons (Fsp3) is 0.400. The number of aromatic nitrogens is 2. The molecule has 1 amide bonds. The Kier molecular flexibility index (Phi) is 4.87. The maximum atomic E-state index is 11.9. The number of nitrogens with zero attached hydrogens (tertiary/aromatic N) is 2. The quantitative estimate of drug-likeness (QED) is 0.859. The van der Waals surface area contributed by atoms with Crippen molar-refractivity contribution < 1.29 is 4.79 Å². The van der Waals surface area contributed by atoms with Gasteiger partial charge in [-0.3, -0.25) is 4.79 Å². The van der Waals surface area contributed by atoms with Gasteiger partial charge >= 0.3 is 0 Å². The summed E-state index contributed by atoms with van der Waals surface area (Å²) in [5.74, 6) is 1.25. The van der Waals surface area contributed by atoms with Gasteiger partial charge in [0.05, 0.1) is 5.75 Å². The van der Waals surface area contributed by atoms with Crippen molar-refractivity contribution in [3.63, 3.8) is 0 Å². The molecule has 1 aromatic carbocycles. The molecule has 0 saturated heterocycles. The molecule has 0 spiro atoms. The smallest absolute Gasteiger partial charge is 0.230 e. The predicted molar refractivity (Wildman–Crippen MR) is 86.5 cm³/mol. The summed E-state index contributed by atoms with van der Waals surface area (Å²) in [5, 5.41) is 3.08. The molecule has 1 fully saturated rings. The molecule has 1 N–H and O–H groups in total. The van der Waals surface area contributed by atoms with Crippen LogP contribution in [0.3, 0.4) is 0 Å². The van der Waals surface area contributed by atoms with E-state index in [1.807, 2.05) is 30.3 Å². The minimum atomic E-state index is 0.100. The third-order valence-electron chi connectivity index (χ3n) is 3.49. The average molecular weight is 319 g/mol. The lowest BCUT2D eigenvalue weighted by atomic mass is 10.2. The molecule has 1 aromatic heterocycles. The Hall–Kier alpha value is -1.40. The standard InChI is InChI=1S/C15H17N3OS2/c19-13(16-12-8-4-5-9-12)10-20-15-17-14(18-21-15)11-6-2-1-3-7-11/h1-3,6-7,12H,4-5,8-10H2,(H,16,19). The summed E-state index contributed by atoms with van der Waals surface area (Å²) in [6, 6.07) is 10.3. The number of benzene rings is 1. The summed E-state index contributed by atoms with van der Waals surface area (Å²) >= 11 is 2.81. The molecule has 1 aliphatic carbocycles. The molecule has 6 heteroatoms. The molecule has 0 atom stereocenters. The van der Waals surface area contributed by atoms with Crippen LogP contribution in [0.4, 0.5) is 0 Å². The summed E-state index contributed by atoms with van der Waals surface area (Å²) in [4.78, 5) is 16.3. The Labute approximate surface area is 132 Å². The lowest BCUT2D eigenvalue weighted by Crippen LogP contribution is -2.33. The van der Waals surface area contributed by atoms with Crippen molar-refractivity contribution in [3.05, 3.63) is 30.3 Å². The zero-order valence-electron chi connectivity index (χ0n) is 11.6. The van der Waals surface area contributed by atoms with E-state index in [2.05, 4.69) is 14.7 Å². The predicted octanol–water partition coefficient (Wildman–Crippen LogP) is 3.36. The Morgan fingerprint density at radius 1 is 1.29 bits per heavy atom. The average Bonchev–Trinajstić information content (AvgIpc) is 3.17. The summed E-state index contributed by atoms with van der Waals surface area (Å²) in [7, 11) is 0. The fourth-order valence-electron chi connectivity index (χ4n) is 2.44. The summed E-state index contributed by atoms with van der Waals surface area (Å²) in [5.41, 5.74) is 1.01. The maximum Gasteiger partial charge on any atom is 0.230 e. The first-order valence-electron chi connectivity index (χ1n) is 7.12. The third kappa shape index (κ3) is 4.04. The van der Waals surface area contributed by atoms with Gasteiger partial charge in [0.1, 0.15) is 0 Å². The summed E-state index contributed by atoms with van der Waals surface area (Å²) in [6.45, 7) is 0. The molecule has 1 saturated carbocycles. The highest BCUT2D eigenvalue weighted by atomic mass is 32.2. The number of amides is 1. The molecule has 4 nitrogen and oxygen atoms in total. The van der Waals surface area contributed by atoms with Crippen LogP contribution in [0.25, 0.3) is 11.4 Å². The van der Waals surface area contributed by atoms with Crippen LogP contribution in [0.5, 0.6) is 0 Å². The van der Waals surface area contributed by atoms with Crippen molar-refractivity contribution in [3.8, 4) is 11.4 Å². The van der Waals surface area contributed by atoms with Gasteiger partial charge in [-0.05, 0) is 24.4 Å². The van der Waals surface area contributed by atoms with Crippen molar-refractivity contribution in [2.24, 2.45) is 0 Å². The second-order valence-corrected chi connectivity index (χ2v) is 7.06. The number of thioether (sulfide) groups is 1. The van der Waals surface area contributed by atoms with E-state index in [9.17, 15) is 4.79 Å². The molecular weight excluding hydrogens is 302 g/mol. The van der Waals surface area contributed by atoms with Crippen LogP contribution in [0.15, 0.2) is 34.7 Å². The SMILES string of the molecule is O=C(CSc1nc(-c2ccccc2)ns1)NC1CCCC1. The van der Waals surface area contributed by atoms with Crippen LogP contribution in [0.1, 0.15) is 25.7 Å². The highest BCUT2D eigenvalue weighted by molar-refractivity contribution is 8.01. The number of hydrogen-bond acceptors (Lipinski definition) is 5. The third-order valence-corrected chi connectivity index (χ3v) is 5.32. The van der Waals surface area contributed by atoms with E-state index < -0.39 is 0 Å². The monoisotopic (exact) mass is 319 g/mol. The Balaban J connectivity index is 1.51. The minimum absolute atomic E-state index is 0.100. The van der Waals surface area contributed by atoms with Gasteiger partial charge in [0.25, 0.3) is 0 Å². The number of hydrogen-bond donors (Lipinski definition) is 1. The van der Waals surface area contributed by atoms with Gasteiger partial charge in [-0.1, -0.05) is 54.9 Å². The fourth-order valence-corrected chi connectivity index (χ4v) is 3.87. The molecule has 110 valence electrons. The van der Waals surface area contributed by atoms with E-state index in [0.29, 0.717) is 11.8 Å². The first kappa shape index (κ1) is 14.5. The Morgan fingerprint density at radius 3 is 2.81 bits per heavy atom. The van der Waals surface area contributed by atoms with Crippen LogP contribution < -0.4 is 5.32 Å². The van der Waals surface area contributed by atoms with E-state index >= 15 is 0 Å².